The normalized spacial score (nSPS) is 25.0. The second-order valence-electron chi connectivity index (χ2n) is 7.15. The van der Waals surface area contributed by atoms with Gasteiger partial charge in [-0.1, -0.05) is 67.1 Å². The summed E-state index contributed by atoms with van der Waals surface area (Å²) in [6, 6.07) is 21.7. The molecule has 2 aromatic rings. The molecule has 0 heterocycles. The summed E-state index contributed by atoms with van der Waals surface area (Å²) in [7, 11) is 0. The zero-order valence-corrected chi connectivity index (χ0v) is 14.6. The molecule has 2 saturated carbocycles. The van der Waals surface area contributed by atoms with Crippen LogP contribution in [0.5, 0.6) is 0 Å². The monoisotopic (exact) mass is 336 g/mol. The minimum atomic E-state index is 0.0889. The molecule has 3 heteroatoms. The first-order valence-corrected chi connectivity index (χ1v) is 9.37. The predicted octanol–water partition coefficient (Wildman–Crippen LogP) is 4.43. The molecule has 0 unspecified atom stereocenters. The van der Waals surface area contributed by atoms with Gasteiger partial charge in [-0.3, -0.25) is 0 Å². The lowest BCUT2D eigenvalue weighted by Crippen LogP contribution is -2.45. The van der Waals surface area contributed by atoms with Crippen molar-refractivity contribution in [2.75, 3.05) is 0 Å². The van der Waals surface area contributed by atoms with Gasteiger partial charge in [0.15, 0.2) is 5.11 Å². The van der Waals surface area contributed by atoms with Crippen molar-refractivity contribution in [1.29, 1.82) is 0 Å². The standard InChI is InChI=1S/C21H24N2S/c24-21(22-19-14-15-11-12-18(19)13-15)23-20(16-7-3-1-4-8-16)17-9-5-2-6-10-17/h1-10,15,18-20H,11-14H2,(H2,22,23,24)/t15-,18-,19-/m1/s1. The zero-order valence-electron chi connectivity index (χ0n) is 13.8. The Bertz CT molecular complexity index is 646. The second-order valence-corrected chi connectivity index (χ2v) is 7.56. The lowest BCUT2D eigenvalue weighted by Gasteiger charge is -2.27. The molecule has 0 saturated heterocycles. The number of nitrogens with one attached hydrogen (secondary N) is 2. The molecular formula is C21H24N2S. The van der Waals surface area contributed by atoms with E-state index in [1.165, 1.54) is 36.8 Å². The molecule has 0 radical (unpaired) electrons. The average molecular weight is 337 g/mol. The summed E-state index contributed by atoms with van der Waals surface area (Å²) in [5.41, 5.74) is 2.47. The minimum absolute atomic E-state index is 0.0889. The van der Waals surface area contributed by atoms with E-state index in [1.807, 2.05) is 0 Å². The predicted molar refractivity (Wildman–Crippen MR) is 103 cm³/mol. The Hall–Kier alpha value is -1.87. The molecule has 2 bridgehead atoms. The maximum atomic E-state index is 5.66. The summed E-state index contributed by atoms with van der Waals surface area (Å²) in [6.45, 7) is 0. The molecule has 2 fully saturated rings. The maximum Gasteiger partial charge on any atom is 0.167 e. The molecular weight excluding hydrogens is 312 g/mol. The molecule has 0 aromatic heterocycles. The van der Waals surface area contributed by atoms with Gasteiger partial charge < -0.3 is 10.6 Å². The molecule has 4 rings (SSSR count). The van der Waals surface area contributed by atoms with Gasteiger partial charge in [0.2, 0.25) is 0 Å². The number of rotatable bonds is 4. The lowest BCUT2D eigenvalue weighted by molar-refractivity contribution is 0.388. The number of hydrogen-bond donors (Lipinski definition) is 2. The molecule has 0 aliphatic heterocycles. The van der Waals surface area contributed by atoms with Crippen molar-refractivity contribution in [3.63, 3.8) is 0 Å². The summed E-state index contributed by atoms with van der Waals surface area (Å²) in [4.78, 5) is 0. The molecule has 124 valence electrons. The van der Waals surface area contributed by atoms with Crippen molar-refractivity contribution in [3.05, 3.63) is 71.8 Å². The van der Waals surface area contributed by atoms with Gasteiger partial charge in [-0.15, -0.1) is 0 Å². The fraction of sp³-hybridized carbons (Fsp3) is 0.381. The van der Waals surface area contributed by atoms with E-state index in [-0.39, 0.29) is 6.04 Å². The highest BCUT2D eigenvalue weighted by Crippen LogP contribution is 2.44. The van der Waals surface area contributed by atoms with Gasteiger partial charge in [-0.2, -0.15) is 0 Å². The Morgan fingerprint density at radius 1 is 0.875 bits per heavy atom. The minimum Gasteiger partial charge on any atom is -0.360 e. The van der Waals surface area contributed by atoms with Crippen molar-refractivity contribution < 1.29 is 0 Å². The lowest BCUT2D eigenvalue weighted by atomic mass is 9.95. The molecule has 2 aliphatic rings. The van der Waals surface area contributed by atoms with Gasteiger partial charge >= 0.3 is 0 Å². The first-order valence-electron chi connectivity index (χ1n) is 8.96. The highest BCUT2D eigenvalue weighted by Gasteiger charge is 2.39. The fourth-order valence-corrected chi connectivity index (χ4v) is 4.68. The topological polar surface area (TPSA) is 24.1 Å². The van der Waals surface area contributed by atoms with Gasteiger partial charge in [-0.05, 0) is 54.4 Å². The highest BCUT2D eigenvalue weighted by molar-refractivity contribution is 7.80. The smallest absolute Gasteiger partial charge is 0.167 e. The van der Waals surface area contributed by atoms with E-state index >= 15 is 0 Å². The van der Waals surface area contributed by atoms with E-state index in [0.717, 1.165) is 16.9 Å². The maximum absolute atomic E-state index is 5.66. The third-order valence-electron chi connectivity index (χ3n) is 5.60. The third kappa shape index (κ3) is 3.32. The fourth-order valence-electron chi connectivity index (χ4n) is 4.41. The summed E-state index contributed by atoms with van der Waals surface area (Å²) in [5.74, 6) is 1.75. The zero-order chi connectivity index (χ0) is 16.4. The van der Waals surface area contributed by atoms with E-state index in [9.17, 15) is 0 Å². The molecule has 2 N–H and O–H groups in total. The quantitative estimate of drug-likeness (QED) is 0.808. The van der Waals surface area contributed by atoms with Crippen LogP contribution in [0.1, 0.15) is 42.9 Å². The Kier molecular flexibility index (Phi) is 4.52. The summed E-state index contributed by atoms with van der Waals surface area (Å²) >= 11 is 5.66. The molecule has 2 nitrogen and oxygen atoms in total. The molecule has 3 atom stereocenters. The SMILES string of the molecule is S=C(NC(c1ccccc1)c1ccccc1)N[C@@H]1C[C@@H]2CC[C@@H]1C2. The van der Waals surface area contributed by atoms with E-state index in [1.54, 1.807) is 0 Å². The Labute approximate surface area is 149 Å². The van der Waals surface area contributed by atoms with Crippen LogP contribution in [-0.4, -0.2) is 11.2 Å². The Morgan fingerprint density at radius 2 is 1.50 bits per heavy atom. The largest absolute Gasteiger partial charge is 0.360 e. The van der Waals surface area contributed by atoms with Gasteiger partial charge in [-0.25, -0.2) is 0 Å². The van der Waals surface area contributed by atoms with Gasteiger partial charge in [0.05, 0.1) is 6.04 Å². The van der Waals surface area contributed by atoms with Gasteiger partial charge in [0.25, 0.3) is 0 Å². The van der Waals surface area contributed by atoms with Crippen LogP contribution in [0, 0.1) is 11.8 Å². The van der Waals surface area contributed by atoms with E-state index in [2.05, 4.69) is 71.3 Å². The van der Waals surface area contributed by atoms with Crippen LogP contribution in [0.4, 0.5) is 0 Å². The molecule has 0 amide bonds. The van der Waals surface area contributed by atoms with E-state index in [4.69, 9.17) is 12.2 Å². The van der Waals surface area contributed by atoms with Crippen molar-refractivity contribution in [1.82, 2.24) is 10.6 Å². The molecule has 24 heavy (non-hydrogen) atoms. The van der Waals surface area contributed by atoms with Crippen LogP contribution in [0.15, 0.2) is 60.7 Å². The van der Waals surface area contributed by atoms with Crippen LogP contribution >= 0.6 is 12.2 Å². The average Bonchev–Trinajstić information content (AvgIpc) is 3.24. The van der Waals surface area contributed by atoms with Crippen molar-refractivity contribution in [2.24, 2.45) is 11.8 Å². The van der Waals surface area contributed by atoms with Gasteiger partial charge in [0, 0.05) is 6.04 Å². The van der Waals surface area contributed by atoms with Crippen LogP contribution in [-0.2, 0) is 0 Å². The van der Waals surface area contributed by atoms with Crippen molar-refractivity contribution in [3.8, 4) is 0 Å². The summed E-state index contributed by atoms with van der Waals surface area (Å²) in [6.07, 6.45) is 5.46. The highest BCUT2D eigenvalue weighted by atomic mass is 32.1. The third-order valence-corrected chi connectivity index (χ3v) is 5.83. The summed E-state index contributed by atoms with van der Waals surface area (Å²) in [5, 5.41) is 7.94. The van der Waals surface area contributed by atoms with Gasteiger partial charge in [0.1, 0.15) is 0 Å². The molecule has 2 aliphatic carbocycles. The van der Waals surface area contributed by atoms with Crippen LogP contribution in [0.25, 0.3) is 0 Å². The van der Waals surface area contributed by atoms with Crippen LogP contribution < -0.4 is 10.6 Å². The van der Waals surface area contributed by atoms with Crippen LogP contribution in [0.3, 0.4) is 0 Å². The molecule has 0 spiro atoms. The molecule has 2 aromatic carbocycles. The van der Waals surface area contributed by atoms with Crippen LogP contribution in [0.2, 0.25) is 0 Å². The van der Waals surface area contributed by atoms with E-state index < -0.39 is 0 Å². The summed E-state index contributed by atoms with van der Waals surface area (Å²) < 4.78 is 0. The number of thiocarbonyl (C=S) groups is 1. The van der Waals surface area contributed by atoms with Crippen molar-refractivity contribution in [2.45, 2.75) is 37.8 Å². The number of benzene rings is 2. The number of fused-ring (bicyclic) bond motifs is 2. The second kappa shape index (κ2) is 6.94. The first-order chi connectivity index (χ1) is 11.8. The first kappa shape index (κ1) is 15.6. The Balaban J connectivity index is 1.48. The van der Waals surface area contributed by atoms with Crippen molar-refractivity contribution >= 4 is 17.3 Å². The van der Waals surface area contributed by atoms with E-state index in [0.29, 0.717) is 6.04 Å². The Morgan fingerprint density at radius 3 is 2.00 bits per heavy atom. The number of hydrogen-bond acceptors (Lipinski definition) is 1.